The normalized spacial score (nSPS) is 11.0. The van der Waals surface area contributed by atoms with Crippen LogP contribution in [0.15, 0.2) is 17.0 Å². The first-order valence-corrected chi connectivity index (χ1v) is 5.75. The van der Waals surface area contributed by atoms with Gasteiger partial charge in [0.25, 0.3) is 10.1 Å². The molecule has 0 saturated heterocycles. The molecule has 74 valence electrons. The van der Waals surface area contributed by atoms with E-state index in [0.29, 0.717) is 6.07 Å². The Balaban J connectivity index is 3.53. The molecule has 1 aromatic rings. The number of hydrogen-bond acceptors (Lipinski definition) is 3. The van der Waals surface area contributed by atoms with Gasteiger partial charge in [0.2, 0.25) is 0 Å². The van der Waals surface area contributed by atoms with E-state index in [1.165, 1.54) is 0 Å². The van der Waals surface area contributed by atoms with E-state index in [1.807, 2.05) is 0 Å². The Morgan fingerprint density at radius 3 is 2.43 bits per heavy atom. The SMILES string of the molecule is N#Cc1c(F)cc(S(=O)(=O)O)cc1I. The van der Waals surface area contributed by atoms with Gasteiger partial charge in [-0.15, -0.1) is 0 Å². The number of rotatable bonds is 1. The summed E-state index contributed by atoms with van der Waals surface area (Å²) in [6, 6.07) is 3.22. The molecule has 0 radical (unpaired) electrons. The van der Waals surface area contributed by atoms with Gasteiger partial charge in [0, 0.05) is 3.57 Å². The van der Waals surface area contributed by atoms with Crippen molar-refractivity contribution >= 4 is 32.7 Å². The van der Waals surface area contributed by atoms with Gasteiger partial charge in [-0.05, 0) is 34.7 Å². The molecule has 1 N–H and O–H groups in total. The maximum atomic E-state index is 13.0. The molecule has 0 aliphatic heterocycles. The first kappa shape index (κ1) is 11.4. The van der Waals surface area contributed by atoms with Crippen LogP contribution in [-0.2, 0) is 10.1 Å². The molecule has 0 aromatic heterocycles. The van der Waals surface area contributed by atoms with E-state index in [9.17, 15) is 12.8 Å². The van der Waals surface area contributed by atoms with Crippen molar-refractivity contribution in [3.05, 3.63) is 27.1 Å². The number of hydrogen-bond donors (Lipinski definition) is 1. The van der Waals surface area contributed by atoms with Gasteiger partial charge in [-0.25, -0.2) is 4.39 Å². The second-order valence-corrected chi connectivity index (χ2v) is 4.93. The maximum absolute atomic E-state index is 13.0. The number of nitriles is 1. The highest BCUT2D eigenvalue weighted by Gasteiger charge is 2.15. The van der Waals surface area contributed by atoms with Crippen molar-refractivity contribution in [2.24, 2.45) is 0 Å². The highest BCUT2D eigenvalue weighted by atomic mass is 127. The zero-order chi connectivity index (χ0) is 10.9. The van der Waals surface area contributed by atoms with E-state index >= 15 is 0 Å². The molecule has 0 atom stereocenters. The third-order valence-corrected chi connectivity index (χ3v) is 3.11. The van der Waals surface area contributed by atoms with Crippen molar-refractivity contribution in [1.29, 1.82) is 5.26 Å². The van der Waals surface area contributed by atoms with E-state index in [2.05, 4.69) is 0 Å². The minimum absolute atomic E-state index is 0.137. The molecule has 0 fully saturated rings. The van der Waals surface area contributed by atoms with Crippen molar-refractivity contribution in [3.63, 3.8) is 0 Å². The first-order valence-electron chi connectivity index (χ1n) is 3.23. The molecule has 1 aromatic carbocycles. The van der Waals surface area contributed by atoms with Crippen molar-refractivity contribution in [3.8, 4) is 6.07 Å². The highest BCUT2D eigenvalue weighted by Crippen LogP contribution is 2.20. The Morgan fingerprint density at radius 1 is 1.50 bits per heavy atom. The summed E-state index contributed by atoms with van der Waals surface area (Å²) in [5.74, 6) is -0.966. The lowest BCUT2D eigenvalue weighted by Crippen LogP contribution is -2.01. The van der Waals surface area contributed by atoms with Crippen molar-refractivity contribution in [2.75, 3.05) is 0 Å². The highest BCUT2D eigenvalue weighted by molar-refractivity contribution is 14.1. The Labute approximate surface area is 93.2 Å². The van der Waals surface area contributed by atoms with E-state index in [-0.39, 0.29) is 9.13 Å². The summed E-state index contributed by atoms with van der Waals surface area (Å²) in [5, 5.41) is 8.49. The molecular formula is C7H3FINO3S. The molecule has 0 bridgehead atoms. The van der Waals surface area contributed by atoms with Gasteiger partial charge in [-0.3, -0.25) is 4.55 Å². The van der Waals surface area contributed by atoms with Crippen LogP contribution in [-0.4, -0.2) is 13.0 Å². The average Bonchev–Trinajstić information content (AvgIpc) is 2.01. The summed E-state index contributed by atoms with van der Waals surface area (Å²) in [6.45, 7) is 0. The fourth-order valence-corrected chi connectivity index (χ4v) is 2.25. The van der Waals surface area contributed by atoms with Gasteiger partial charge in [-0.2, -0.15) is 13.7 Å². The third kappa shape index (κ3) is 2.20. The molecule has 0 aliphatic carbocycles. The minimum atomic E-state index is -4.43. The number of halogens is 2. The molecule has 7 heteroatoms. The minimum Gasteiger partial charge on any atom is -0.282 e. The third-order valence-electron chi connectivity index (χ3n) is 1.43. The van der Waals surface area contributed by atoms with Crippen LogP contribution >= 0.6 is 22.6 Å². The lowest BCUT2D eigenvalue weighted by atomic mass is 10.2. The van der Waals surface area contributed by atoms with Gasteiger partial charge in [0.1, 0.15) is 17.4 Å². The second-order valence-electron chi connectivity index (χ2n) is 2.35. The monoisotopic (exact) mass is 327 g/mol. The summed E-state index contributed by atoms with van der Waals surface area (Å²) in [7, 11) is -4.43. The van der Waals surface area contributed by atoms with Crippen molar-refractivity contribution in [1.82, 2.24) is 0 Å². The Morgan fingerprint density at radius 2 is 2.07 bits per heavy atom. The molecule has 4 nitrogen and oxygen atoms in total. The predicted octanol–water partition coefficient (Wildman–Crippen LogP) is 1.55. The number of benzene rings is 1. The first-order chi connectivity index (χ1) is 6.36. The fraction of sp³-hybridized carbons (Fsp3) is 0. The van der Waals surface area contributed by atoms with Crippen LogP contribution in [0.4, 0.5) is 4.39 Å². The van der Waals surface area contributed by atoms with Crippen molar-refractivity contribution < 1.29 is 17.4 Å². The average molecular weight is 327 g/mol. The molecule has 1 rings (SSSR count). The zero-order valence-corrected chi connectivity index (χ0v) is 9.50. The Kier molecular flexibility index (Phi) is 3.08. The van der Waals surface area contributed by atoms with Crippen LogP contribution in [0.3, 0.4) is 0 Å². The van der Waals surface area contributed by atoms with E-state index in [4.69, 9.17) is 9.81 Å². The van der Waals surface area contributed by atoms with Gasteiger partial charge in [0.05, 0.1) is 4.90 Å². The summed E-state index contributed by atoms with van der Waals surface area (Å²) >= 11 is 1.61. The molecule has 0 aliphatic rings. The van der Waals surface area contributed by atoms with Crippen LogP contribution in [0, 0.1) is 20.7 Å². The molecule has 14 heavy (non-hydrogen) atoms. The van der Waals surface area contributed by atoms with Gasteiger partial charge < -0.3 is 0 Å². The largest absolute Gasteiger partial charge is 0.294 e. The summed E-state index contributed by atoms with van der Waals surface area (Å²) in [4.78, 5) is -0.557. The second kappa shape index (κ2) is 3.80. The quantitative estimate of drug-likeness (QED) is 0.627. The molecular weight excluding hydrogens is 324 g/mol. The van der Waals surface area contributed by atoms with Crippen LogP contribution in [0.25, 0.3) is 0 Å². The van der Waals surface area contributed by atoms with Gasteiger partial charge in [0.15, 0.2) is 0 Å². The zero-order valence-electron chi connectivity index (χ0n) is 6.53. The lowest BCUT2D eigenvalue weighted by molar-refractivity contribution is 0.481. The molecule has 0 unspecified atom stereocenters. The molecule has 0 amide bonds. The summed E-state index contributed by atoms with van der Waals surface area (Å²) in [6.07, 6.45) is 0. The van der Waals surface area contributed by atoms with Crippen LogP contribution in [0.2, 0.25) is 0 Å². The van der Waals surface area contributed by atoms with Gasteiger partial charge in [-0.1, -0.05) is 0 Å². The van der Waals surface area contributed by atoms with E-state index in [0.717, 1.165) is 6.07 Å². The number of nitrogens with zero attached hydrogens (tertiary/aromatic N) is 1. The standard InChI is InChI=1S/C7H3FINO3S/c8-6-1-4(14(11,12)13)2-7(9)5(6)3-10/h1-2H,(H,11,12,13). The topological polar surface area (TPSA) is 78.2 Å². The van der Waals surface area contributed by atoms with Crippen LogP contribution < -0.4 is 0 Å². The Bertz CT molecular complexity index is 497. The molecule has 0 saturated carbocycles. The van der Waals surface area contributed by atoms with Crippen molar-refractivity contribution in [2.45, 2.75) is 4.90 Å². The maximum Gasteiger partial charge on any atom is 0.294 e. The van der Waals surface area contributed by atoms with E-state index in [1.54, 1.807) is 28.7 Å². The van der Waals surface area contributed by atoms with Gasteiger partial charge >= 0.3 is 0 Å². The van der Waals surface area contributed by atoms with Crippen LogP contribution in [0.5, 0.6) is 0 Å². The molecule has 0 heterocycles. The molecule has 0 spiro atoms. The van der Waals surface area contributed by atoms with Crippen LogP contribution in [0.1, 0.15) is 5.56 Å². The smallest absolute Gasteiger partial charge is 0.282 e. The summed E-state index contributed by atoms with van der Waals surface area (Å²) < 4.78 is 43.1. The fourth-order valence-electron chi connectivity index (χ4n) is 0.806. The predicted molar refractivity (Wildman–Crippen MR) is 53.6 cm³/mol. The lowest BCUT2D eigenvalue weighted by Gasteiger charge is -2.00. The summed E-state index contributed by atoms with van der Waals surface area (Å²) in [5.41, 5.74) is -0.238. The van der Waals surface area contributed by atoms with E-state index < -0.39 is 20.8 Å². The Hall–Kier alpha value is -0.720.